The van der Waals surface area contributed by atoms with E-state index in [1.54, 1.807) is 0 Å². The molecule has 1 aromatic rings. The molecule has 3 rings (SSSR count). The minimum Gasteiger partial charge on any atom is -0.382 e. The standard InChI is InChI=1S/C14H21N3/c1-2-4-14-13(3-1)16-9-10-17(14)11-12-5-7-15-8-6-12/h1-4,12,15-16H,5-11H2. The van der Waals surface area contributed by atoms with Gasteiger partial charge in [-0.1, -0.05) is 12.1 Å². The molecule has 1 fully saturated rings. The summed E-state index contributed by atoms with van der Waals surface area (Å²) in [6.07, 6.45) is 2.65. The van der Waals surface area contributed by atoms with E-state index in [1.165, 1.54) is 43.9 Å². The molecule has 0 aliphatic carbocycles. The summed E-state index contributed by atoms with van der Waals surface area (Å²) >= 11 is 0. The average Bonchev–Trinajstić information content (AvgIpc) is 2.40. The van der Waals surface area contributed by atoms with E-state index in [0.717, 1.165) is 19.0 Å². The Bertz CT molecular complexity index is 371. The molecule has 2 N–H and O–H groups in total. The molecule has 1 saturated heterocycles. The molecular weight excluding hydrogens is 210 g/mol. The van der Waals surface area contributed by atoms with Gasteiger partial charge in [-0.3, -0.25) is 0 Å². The first kappa shape index (κ1) is 10.9. The fraction of sp³-hybridized carbons (Fsp3) is 0.571. The highest BCUT2D eigenvalue weighted by molar-refractivity contribution is 5.71. The number of hydrogen-bond donors (Lipinski definition) is 2. The Labute approximate surface area is 103 Å². The molecule has 2 heterocycles. The SMILES string of the molecule is c1ccc2c(c1)NCCN2CC1CCNCC1. The van der Waals surface area contributed by atoms with Crippen LogP contribution >= 0.6 is 0 Å². The van der Waals surface area contributed by atoms with Crippen molar-refractivity contribution in [2.75, 3.05) is 42.9 Å². The summed E-state index contributed by atoms with van der Waals surface area (Å²) in [5.41, 5.74) is 2.69. The molecule has 92 valence electrons. The molecule has 0 spiro atoms. The van der Waals surface area contributed by atoms with Crippen LogP contribution in [0.1, 0.15) is 12.8 Å². The van der Waals surface area contributed by atoms with Gasteiger partial charge in [0.2, 0.25) is 0 Å². The third-order valence-electron chi connectivity index (χ3n) is 3.88. The second-order valence-corrected chi connectivity index (χ2v) is 5.08. The predicted octanol–water partition coefficient (Wildman–Crippen LogP) is 1.92. The minimum absolute atomic E-state index is 0.863. The first-order valence-electron chi connectivity index (χ1n) is 6.72. The zero-order valence-electron chi connectivity index (χ0n) is 10.3. The minimum atomic E-state index is 0.863. The van der Waals surface area contributed by atoms with Crippen molar-refractivity contribution in [3.63, 3.8) is 0 Å². The summed E-state index contributed by atoms with van der Waals surface area (Å²) in [4.78, 5) is 2.56. The fourth-order valence-corrected chi connectivity index (χ4v) is 2.91. The zero-order chi connectivity index (χ0) is 11.5. The van der Waals surface area contributed by atoms with Crippen LogP contribution < -0.4 is 15.5 Å². The molecule has 3 heteroatoms. The second kappa shape index (κ2) is 4.96. The van der Waals surface area contributed by atoms with Crippen LogP contribution in [0.15, 0.2) is 24.3 Å². The molecule has 0 saturated carbocycles. The van der Waals surface area contributed by atoms with Crippen LogP contribution in [0, 0.1) is 5.92 Å². The van der Waals surface area contributed by atoms with E-state index in [1.807, 2.05) is 0 Å². The number of benzene rings is 1. The molecule has 0 aromatic heterocycles. The molecular formula is C14H21N3. The number of nitrogens with one attached hydrogen (secondary N) is 2. The van der Waals surface area contributed by atoms with Crippen molar-refractivity contribution >= 4 is 11.4 Å². The van der Waals surface area contributed by atoms with E-state index in [-0.39, 0.29) is 0 Å². The van der Waals surface area contributed by atoms with Crippen molar-refractivity contribution in [3.8, 4) is 0 Å². The first-order chi connectivity index (χ1) is 8.43. The molecule has 0 atom stereocenters. The summed E-state index contributed by atoms with van der Waals surface area (Å²) in [6, 6.07) is 8.67. The van der Waals surface area contributed by atoms with Gasteiger partial charge in [0.1, 0.15) is 0 Å². The van der Waals surface area contributed by atoms with Gasteiger partial charge < -0.3 is 15.5 Å². The molecule has 3 nitrogen and oxygen atoms in total. The van der Waals surface area contributed by atoms with Gasteiger partial charge in [0.15, 0.2) is 0 Å². The smallest absolute Gasteiger partial charge is 0.0602 e. The Morgan fingerprint density at radius 1 is 1.12 bits per heavy atom. The highest BCUT2D eigenvalue weighted by atomic mass is 15.2. The van der Waals surface area contributed by atoms with Gasteiger partial charge in [-0.05, 0) is 44.0 Å². The highest BCUT2D eigenvalue weighted by Crippen LogP contribution is 2.29. The number of piperidine rings is 1. The number of hydrogen-bond acceptors (Lipinski definition) is 3. The fourth-order valence-electron chi connectivity index (χ4n) is 2.91. The zero-order valence-corrected chi connectivity index (χ0v) is 10.3. The van der Waals surface area contributed by atoms with Crippen LogP contribution in [0.5, 0.6) is 0 Å². The number of anilines is 2. The van der Waals surface area contributed by atoms with Gasteiger partial charge in [0, 0.05) is 19.6 Å². The average molecular weight is 231 g/mol. The summed E-state index contributed by atoms with van der Waals surface area (Å²) in [7, 11) is 0. The summed E-state index contributed by atoms with van der Waals surface area (Å²) < 4.78 is 0. The Morgan fingerprint density at radius 3 is 2.82 bits per heavy atom. The number of rotatable bonds is 2. The van der Waals surface area contributed by atoms with E-state index in [9.17, 15) is 0 Å². The monoisotopic (exact) mass is 231 g/mol. The van der Waals surface area contributed by atoms with Crippen molar-refractivity contribution in [2.24, 2.45) is 5.92 Å². The third-order valence-corrected chi connectivity index (χ3v) is 3.88. The molecule has 0 unspecified atom stereocenters. The largest absolute Gasteiger partial charge is 0.382 e. The van der Waals surface area contributed by atoms with Crippen molar-refractivity contribution < 1.29 is 0 Å². The molecule has 2 aliphatic heterocycles. The van der Waals surface area contributed by atoms with Gasteiger partial charge in [-0.15, -0.1) is 0 Å². The van der Waals surface area contributed by atoms with Crippen LogP contribution in [-0.2, 0) is 0 Å². The maximum atomic E-state index is 3.48. The maximum absolute atomic E-state index is 3.48. The topological polar surface area (TPSA) is 27.3 Å². The maximum Gasteiger partial charge on any atom is 0.0602 e. The lowest BCUT2D eigenvalue weighted by Crippen LogP contribution is -2.40. The molecule has 2 aliphatic rings. The van der Waals surface area contributed by atoms with Crippen LogP contribution in [0.3, 0.4) is 0 Å². The lowest BCUT2D eigenvalue weighted by molar-refractivity contribution is 0.374. The van der Waals surface area contributed by atoms with E-state index in [2.05, 4.69) is 39.8 Å². The molecule has 0 amide bonds. The lowest BCUT2D eigenvalue weighted by Gasteiger charge is -2.36. The Balaban J connectivity index is 1.71. The van der Waals surface area contributed by atoms with Crippen molar-refractivity contribution in [3.05, 3.63) is 24.3 Å². The van der Waals surface area contributed by atoms with Crippen LogP contribution in [0.4, 0.5) is 11.4 Å². The Hall–Kier alpha value is -1.22. The normalized spacial score (nSPS) is 20.8. The van der Waals surface area contributed by atoms with Crippen molar-refractivity contribution in [2.45, 2.75) is 12.8 Å². The van der Waals surface area contributed by atoms with E-state index in [0.29, 0.717) is 0 Å². The van der Waals surface area contributed by atoms with E-state index >= 15 is 0 Å². The predicted molar refractivity (Wildman–Crippen MR) is 72.7 cm³/mol. The van der Waals surface area contributed by atoms with Gasteiger partial charge in [-0.25, -0.2) is 0 Å². The Kier molecular flexibility index (Phi) is 3.18. The molecule has 0 radical (unpaired) electrons. The number of nitrogens with zero attached hydrogens (tertiary/aromatic N) is 1. The summed E-state index contributed by atoms with van der Waals surface area (Å²) in [5.74, 6) is 0.863. The summed E-state index contributed by atoms with van der Waals surface area (Å²) in [6.45, 7) is 5.82. The molecule has 0 bridgehead atoms. The van der Waals surface area contributed by atoms with Gasteiger partial charge in [0.25, 0.3) is 0 Å². The first-order valence-corrected chi connectivity index (χ1v) is 6.72. The van der Waals surface area contributed by atoms with Crippen LogP contribution in [0.25, 0.3) is 0 Å². The lowest BCUT2D eigenvalue weighted by atomic mass is 9.97. The Morgan fingerprint density at radius 2 is 1.94 bits per heavy atom. The van der Waals surface area contributed by atoms with Crippen molar-refractivity contribution in [1.82, 2.24) is 5.32 Å². The van der Waals surface area contributed by atoms with E-state index < -0.39 is 0 Å². The second-order valence-electron chi connectivity index (χ2n) is 5.08. The number of para-hydroxylation sites is 2. The molecule has 17 heavy (non-hydrogen) atoms. The molecule has 1 aromatic carbocycles. The van der Waals surface area contributed by atoms with Gasteiger partial charge >= 0.3 is 0 Å². The van der Waals surface area contributed by atoms with E-state index in [4.69, 9.17) is 0 Å². The van der Waals surface area contributed by atoms with Crippen molar-refractivity contribution in [1.29, 1.82) is 0 Å². The van der Waals surface area contributed by atoms with Crippen LogP contribution in [0.2, 0.25) is 0 Å². The summed E-state index contributed by atoms with van der Waals surface area (Å²) in [5, 5.41) is 6.92. The third kappa shape index (κ3) is 2.39. The number of fused-ring (bicyclic) bond motifs is 1. The quantitative estimate of drug-likeness (QED) is 0.814. The highest BCUT2D eigenvalue weighted by Gasteiger charge is 2.20. The van der Waals surface area contributed by atoms with Gasteiger partial charge in [-0.2, -0.15) is 0 Å². The van der Waals surface area contributed by atoms with Crippen LogP contribution in [-0.4, -0.2) is 32.7 Å². The van der Waals surface area contributed by atoms with Gasteiger partial charge in [0.05, 0.1) is 11.4 Å².